The normalized spacial score (nSPS) is 17.4. The quantitative estimate of drug-likeness (QED) is 0.274. The Morgan fingerprint density at radius 2 is 1.03 bits per heavy atom. The van der Waals surface area contributed by atoms with Gasteiger partial charge in [0.1, 0.15) is 0 Å². The summed E-state index contributed by atoms with van der Waals surface area (Å²) in [5.41, 5.74) is 18.9. The first-order valence-electron chi connectivity index (χ1n) is 10.9. The summed E-state index contributed by atoms with van der Waals surface area (Å²) >= 11 is 0. The van der Waals surface area contributed by atoms with E-state index < -0.39 is 0 Å². The van der Waals surface area contributed by atoms with E-state index in [-0.39, 0.29) is 5.41 Å². The minimum atomic E-state index is 0.275. The SMILES string of the molecule is c1ccc2c(c1)Cc1c-2c2c(c3c1-c1ccccc1C31CC1)-c1ccccc1C2. The van der Waals surface area contributed by atoms with E-state index in [2.05, 4.69) is 72.8 Å². The first-order chi connectivity index (χ1) is 14.4. The molecule has 1 spiro atoms. The molecule has 4 aromatic carbocycles. The van der Waals surface area contributed by atoms with E-state index in [4.69, 9.17) is 0 Å². The molecule has 0 heterocycles. The molecule has 0 bridgehead atoms. The molecule has 0 nitrogen and oxygen atoms in total. The average Bonchev–Trinajstić information content (AvgIpc) is 3.21. The van der Waals surface area contributed by atoms with Crippen LogP contribution in [0.2, 0.25) is 0 Å². The van der Waals surface area contributed by atoms with Crippen molar-refractivity contribution in [3.63, 3.8) is 0 Å². The molecule has 0 aromatic heterocycles. The lowest BCUT2D eigenvalue weighted by atomic mass is 9.82. The second kappa shape index (κ2) is 4.71. The summed E-state index contributed by atoms with van der Waals surface area (Å²) in [5, 5.41) is 0. The maximum atomic E-state index is 2.41. The van der Waals surface area contributed by atoms with E-state index in [1.54, 1.807) is 38.9 Å². The van der Waals surface area contributed by atoms with Crippen LogP contribution in [0.25, 0.3) is 33.4 Å². The molecule has 4 aromatic rings. The Labute approximate surface area is 170 Å². The van der Waals surface area contributed by atoms with Gasteiger partial charge in [-0.2, -0.15) is 0 Å². The molecule has 0 aliphatic heterocycles. The van der Waals surface area contributed by atoms with Crippen LogP contribution in [0.4, 0.5) is 0 Å². The molecule has 1 fully saturated rings. The van der Waals surface area contributed by atoms with E-state index in [0.717, 1.165) is 12.8 Å². The second-order valence-corrected chi connectivity index (χ2v) is 9.25. The smallest absolute Gasteiger partial charge is 0.0222 e. The first kappa shape index (κ1) is 14.8. The fourth-order valence-corrected chi connectivity index (χ4v) is 6.73. The Bertz CT molecular complexity index is 1370. The molecule has 0 radical (unpaired) electrons. The molecule has 0 atom stereocenters. The van der Waals surface area contributed by atoms with Gasteiger partial charge in [-0.15, -0.1) is 0 Å². The molecule has 136 valence electrons. The van der Waals surface area contributed by atoms with Crippen LogP contribution in [0.3, 0.4) is 0 Å². The molecule has 8 rings (SSSR count). The summed E-state index contributed by atoms with van der Waals surface area (Å²) in [6.45, 7) is 0. The van der Waals surface area contributed by atoms with Gasteiger partial charge in [0.05, 0.1) is 0 Å². The molecule has 0 unspecified atom stereocenters. The largest absolute Gasteiger partial charge is 0.0619 e. The summed E-state index contributed by atoms with van der Waals surface area (Å²) in [6.07, 6.45) is 4.78. The summed E-state index contributed by atoms with van der Waals surface area (Å²) in [7, 11) is 0. The zero-order valence-corrected chi connectivity index (χ0v) is 16.3. The molecule has 0 heteroatoms. The van der Waals surface area contributed by atoms with Crippen LogP contribution < -0.4 is 0 Å². The number of benzene rings is 4. The zero-order valence-electron chi connectivity index (χ0n) is 16.3. The highest BCUT2D eigenvalue weighted by Gasteiger charge is 2.55. The second-order valence-electron chi connectivity index (χ2n) is 9.25. The number of hydrogen-bond acceptors (Lipinski definition) is 0. The third-order valence-corrected chi connectivity index (χ3v) is 7.96. The van der Waals surface area contributed by atoms with Crippen molar-refractivity contribution in [3.05, 3.63) is 106 Å². The lowest BCUT2D eigenvalue weighted by molar-refractivity contribution is 0.880. The van der Waals surface area contributed by atoms with Crippen LogP contribution in [0.1, 0.15) is 46.2 Å². The average molecular weight is 368 g/mol. The molecular formula is C29H20. The van der Waals surface area contributed by atoms with Crippen LogP contribution in [0.15, 0.2) is 72.8 Å². The third-order valence-electron chi connectivity index (χ3n) is 7.96. The van der Waals surface area contributed by atoms with Crippen molar-refractivity contribution in [3.8, 4) is 33.4 Å². The zero-order chi connectivity index (χ0) is 18.7. The Hall–Kier alpha value is -3.12. The standard InChI is InChI=1S/C29H20/c1-3-9-19-17(7-1)15-23-25(19)22-16-18-8-2-4-10-20(18)26(22)28-27(23)21-11-5-6-12-24(21)29(28)13-14-29/h1-12H,13-16H2. The summed E-state index contributed by atoms with van der Waals surface area (Å²) in [4.78, 5) is 0. The lowest BCUT2D eigenvalue weighted by Crippen LogP contribution is -2.07. The van der Waals surface area contributed by atoms with Crippen molar-refractivity contribution in [2.24, 2.45) is 0 Å². The van der Waals surface area contributed by atoms with E-state index in [0.29, 0.717) is 0 Å². The first-order valence-corrected chi connectivity index (χ1v) is 10.9. The minimum Gasteiger partial charge on any atom is -0.0619 e. The van der Waals surface area contributed by atoms with E-state index >= 15 is 0 Å². The molecule has 0 amide bonds. The van der Waals surface area contributed by atoms with Crippen molar-refractivity contribution in [1.29, 1.82) is 0 Å². The van der Waals surface area contributed by atoms with Crippen molar-refractivity contribution in [2.45, 2.75) is 31.1 Å². The van der Waals surface area contributed by atoms with Crippen LogP contribution in [-0.4, -0.2) is 0 Å². The number of rotatable bonds is 0. The van der Waals surface area contributed by atoms with Crippen LogP contribution in [0, 0.1) is 0 Å². The van der Waals surface area contributed by atoms with Gasteiger partial charge in [-0.05, 0) is 92.4 Å². The monoisotopic (exact) mass is 368 g/mol. The predicted octanol–water partition coefficient (Wildman–Crippen LogP) is 6.89. The number of fused-ring (bicyclic) bond motifs is 14. The molecule has 29 heavy (non-hydrogen) atoms. The topological polar surface area (TPSA) is 0 Å². The Morgan fingerprint density at radius 1 is 0.517 bits per heavy atom. The number of hydrogen-bond donors (Lipinski definition) is 0. The highest BCUT2D eigenvalue weighted by molar-refractivity contribution is 6.02. The highest BCUT2D eigenvalue weighted by atomic mass is 14.6. The lowest BCUT2D eigenvalue weighted by Gasteiger charge is -2.20. The molecule has 4 aliphatic carbocycles. The summed E-state index contributed by atoms with van der Waals surface area (Å²) < 4.78 is 0. The van der Waals surface area contributed by atoms with Gasteiger partial charge in [0, 0.05) is 5.41 Å². The molecule has 4 aliphatic rings. The Kier molecular flexibility index (Phi) is 2.41. The third kappa shape index (κ3) is 1.58. The molecule has 0 saturated heterocycles. The van der Waals surface area contributed by atoms with Crippen molar-refractivity contribution in [1.82, 2.24) is 0 Å². The van der Waals surface area contributed by atoms with Gasteiger partial charge in [-0.25, -0.2) is 0 Å². The molecule has 0 N–H and O–H groups in total. The highest BCUT2D eigenvalue weighted by Crippen LogP contribution is 2.68. The fraction of sp³-hybridized carbons (Fsp3) is 0.172. The van der Waals surface area contributed by atoms with E-state index in [9.17, 15) is 0 Å². The van der Waals surface area contributed by atoms with E-state index in [1.165, 1.54) is 40.7 Å². The van der Waals surface area contributed by atoms with Gasteiger partial charge in [-0.1, -0.05) is 72.8 Å². The van der Waals surface area contributed by atoms with Crippen molar-refractivity contribution < 1.29 is 0 Å². The summed E-state index contributed by atoms with van der Waals surface area (Å²) in [5.74, 6) is 0. The van der Waals surface area contributed by atoms with Gasteiger partial charge in [-0.3, -0.25) is 0 Å². The van der Waals surface area contributed by atoms with Gasteiger partial charge < -0.3 is 0 Å². The molecule has 1 saturated carbocycles. The van der Waals surface area contributed by atoms with Crippen LogP contribution >= 0.6 is 0 Å². The van der Waals surface area contributed by atoms with Gasteiger partial charge in [0.15, 0.2) is 0 Å². The fourth-order valence-electron chi connectivity index (χ4n) is 6.73. The molecular weight excluding hydrogens is 348 g/mol. The Balaban J connectivity index is 1.60. The van der Waals surface area contributed by atoms with Crippen molar-refractivity contribution in [2.75, 3.05) is 0 Å². The van der Waals surface area contributed by atoms with Crippen LogP contribution in [0.5, 0.6) is 0 Å². The minimum absolute atomic E-state index is 0.275. The Morgan fingerprint density at radius 3 is 1.69 bits per heavy atom. The predicted molar refractivity (Wildman–Crippen MR) is 118 cm³/mol. The van der Waals surface area contributed by atoms with Crippen molar-refractivity contribution >= 4 is 0 Å². The summed E-state index contributed by atoms with van der Waals surface area (Å²) in [6, 6.07) is 27.5. The van der Waals surface area contributed by atoms with Crippen LogP contribution in [-0.2, 0) is 18.3 Å². The van der Waals surface area contributed by atoms with E-state index in [1.807, 2.05) is 0 Å². The maximum Gasteiger partial charge on any atom is 0.0222 e. The van der Waals surface area contributed by atoms with Gasteiger partial charge in [0.25, 0.3) is 0 Å². The van der Waals surface area contributed by atoms with Gasteiger partial charge >= 0.3 is 0 Å². The maximum absolute atomic E-state index is 2.41. The van der Waals surface area contributed by atoms with Gasteiger partial charge in [0.2, 0.25) is 0 Å².